The Hall–Kier alpha value is -6.30. The Kier molecular flexibility index (Phi) is 13.2. The molecular weight excluding hydrogens is 938 g/mol. The van der Waals surface area contributed by atoms with Gasteiger partial charge in [-0.05, 0) is 91.6 Å². The maximum Gasteiger partial charge on any atom is 0.412 e. The van der Waals surface area contributed by atoms with Crippen LogP contribution in [0, 0.1) is 0 Å². The topological polar surface area (TPSA) is 163 Å². The number of fused-ring (bicyclic) bond motifs is 8. The van der Waals surface area contributed by atoms with Gasteiger partial charge in [0.2, 0.25) is 11.8 Å². The molecule has 2 unspecified atom stereocenters. The van der Waals surface area contributed by atoms with Crippen LogP contribution >= 0.6 is 11.6 Å². The second kappa shape index (κ2) is 19.3. The summed E-state index contributed by atoms with van der Waals surface area (Å²) < 4.78 is 31.0. The molecule has 2 aromatic heterocycles. The lowest BCUT2D eigenvalue weighted by atomic mass is 9.68. The first-order valence-electron chi connectivity index (χ1n) is 24.5. The molecule has 72 heavy (non-hydrogen) atoms. The van der Waals surface area contributed by atoms with E-state index in [1.165, 1.54) is 5.56 Å². The smallest absolute Gasteiger partial charge is 0.412 e. The third kappa shape index (κ3) is 9.01. The predicted molar refractivity (Wildman–Crippen MR) is 275 cm³/mol. The lowest BCUT2D eigenvalue weighted by Crippen LogP contribution is -2.68. The minimum Gasteiger partial charge on any atom is -0.497 e. The zero-order valence-corrected chi connectivity index (χ0v) is 42.8. The SMILES string of the molecule is COc1ccc(CN2CC3(CN(C(=O)COCC4c5[nH]c6cc(OC)ccc6c5C5(CN(C(=O)CCl)C5)CN4Cc4ccc(NC(=O)OC(C)(C)C)cc4)C3)c3c(n(C)c4cc(OC)ccc34)C2CO)cc1. The number of aryl methyl sites for hydroxylation is 1. The van der Waals surface area contributed by atoms with E-state index in [9.17, 15) is 19.5 Å². The Bertz CT molecular complexity index is 3010. The van der Waals surface area contributed by atoms with Crippen LogP contribution in [-0.4, -0.2) is 144 Å². The zero-order valence-electron chi connectivity index (χ0n) is 42.1. The first kappa shape index (κ1) is 49.3. The number of hydrogen-bond donors (Lipinski definition) is 3. The summed E-state index contributed by atoms with van der Waals surface area (Å²) in [6, 6.07) is 27.3. The highest BCUT2D eigenvalue weighted by Gasteiger charge is 2.56. The van der Waals surface area contributed by atoms with E-state index in [0.29, 0.717) is 58.0 Å². The monoisotopic (exact) mass is 1000 g/mol. The molecule has 6 aromatic rings. The van der Waals surface area contributed by atoms with Gasteiger partial charge < -0.3 is 48.1 Å². The van der Waals surface area contributed by atoms with E-state index in [-0.39, 0.29) is 49.6 Å². The summed E-state index contributed by atoms with van der Waals surface area (Å²) in [6.45, 7) is 9.87. The van der Waals surface area contributed by atoms with Gasteiger partial charge in [-0.2, -0.15) is 0 Å². The predicted octanol–water partition coefficient (Wildman–Crippen LogP) is 7.25. The lowest BCUT2D eigenvalue weighted by molar-refractivity contribution is -0.147. The number of alkyl halides is 1. The highest BCUT2D eigenvalue weighted by atomic mass is 35.5. The Labute approximate surface area is 424 Å². The number of aromatic nitrogens is 2. The van der Waals surface area contributed by atoms with Gasteiger partial charge in [-0.15, -0.1) is 11.6 Å². The molecular formula is C55H64ClN7O9. The van der Waals surface area contributed by atoms with E-state index in [0.717, 1.165) is 67.1 Å². The molecule has 2 saturated heterocycles. The number of hydrogen-bond acceptors (Lipinski definition) is 11. The minimum absolute atomic E-state index is 0.0671. The van der Waals surface area contributed by atoms with Crippen LogP contribution in [0.2, 0.25) is 0 Å². The fourth-order valence-corrected chi connectivity index (χ4v) is 12.0. The molecule has 2 atom stereocenters. The number of amides is 3. The van der Waals surface area contributed by atoms with E-state index in [1.807, 2.05) is 98.3 Å². The molecule has 10 rings (SSSR count). The van der Waals surface area contributed by atoms with Crippen molar-refractivity contribution >= 4 is 57.0 Å². The van der Waals surface area contributed by atoms with Gasteiger partial charge in [0.1, 0.15) is 35.3 Å². The van der Waals surface area contributed by atoms with Gasteiger partial charge in [0.25, 0.3) is 0 Å². The molecule has 6 heterocycles. The highest BCUT2D eigenvalue weighted by Crippen LogP contribution is 2.51. The largest absolute Gasteiger partial charge is 0.497 e. The van der Waals surface area contributed by atoms with Crippen molar-refractivity contribution in [2.45, 2.75) is 62.4 Å². The third-order valence-electron chi connectivity index (χ3n) is 15.1. The van der Waals surface area contributed by atoms with Gasteiger partial charge in [-0.1, -0.05) is 24.3 Å². The van der Waals surface area contributed by atoms with E-state index < -0.39 is 22.5 Å². The quantitative estimate of drug-likeness (QED) is 0.0943. The van der Waals surface area contributed by atoms with E-state index in [2.05, 4.69) is 48.9 Å². The van der Waals surface area contributed by atoms with Crippen molar-refractivity contribution in [3.63, 3.8) is 0 Å². The van der Waals surface area contributed by atoms with Crippen LogP contribution in [0.15, 0.2) is 84.9 Å². The molecule has 0 aliphatic carbocycles. The number of H-pyrrole nitrogens is 1. The molecule has 2 spiro atoms. The second-order valence-electron chi connectivity index (χ2n) is 20.9. The number of nitrogens with zero attached hydrogens (tertiary/aromatic N) is 5. The van der Waals surface area contributed by atoms with Gasteiger partial charge in [-0.25, -0.2) is 4.79 Å². The summed E-state index contributed by atoms with van der Waals surface area (Å²) >= 11 is 6.08. The summed E-state index contributed by atoms with van der Waals surface area (Å²) in [5.74, 6) is 1.95. The van der Waals surface area contributed by atoms with Crippen LogP contribution < -0.4 is 19.5 Å². The normalized spacial score (nSPS) is 19.2. The van der Waals surface area contributed by atoms with Crippen LogP contribution in [0.1, 0.15) is 66.5 Å². The maximum absolute atomic E-state index is 14.4. The highest BCUT2D eigenvalue weighted by molar-refractivity contribution is 6.27. The van der Waals surface area contributed by atoms with E-state index in [4.69, 9.17) is 35.3 Å². The summed E-state index contributed by atoms with van der Waals surface area (Å²) in [5.41, 5.74) is 7.52. The molecule has 4 aliphatic heterocycles. The molecule has 3 N–H and O–H groups in total. The number of nitrogens with one attached hydrogen (secondary N) is 2. The third-order valence-corrected chi connectivity index (χ3v) is 15.3. The Morgan fingerprint density at radius 2 is 1.28 bits per heavy atom. The molecule has 0 bridgehead atoms. The number of aliphatic hydroxyl groups excluding tert-OH is 1. The van der Waals surface area contributed by atoms with Crippen molar-refractivity contribution in [3.8, 4) is 17.2 Å². The number of aromatic amines is 1. The molecule has 0 saturated carbocycles. The Balaban J connectivity index is 0.918. The van der Waals surface area contributed by atoms with E-state index >= 15 is 0 Å². The first-order valence-corrected chi connectivity index (χ1v) is 25.0. The van der Waals surface area contributed by atoms with Crippen molar-refractivity contribution in [2.75, 3.05) is 91.6 Å². The number of methoxy groups -OCH3 is 3. The second-order valence-corrected chi connectivity index (χ2v) is 21.2. The number of likely N-dealkylation sites (tertiary alicyclic amines) is 2. The van der Waals surface area contributed by atoms with Crippen LogP contribution in [0.3, 0.4) is 0 Å². The minimum atomic E-state index is -0.635. The van der Waals surface area contributed by atoms with Gasteiger partial charge in [0.15, 0.2) is 0 Å². The van der Waals surface area contributed by atoms with Gasteiger partial charge in [-0.3, -0.25) is 24.7 Å². The van der Waals surface area contributed by atoms with Crippen molar-refractivity contribution in [1.29, 1.82) is 0 Å². The molecule has 380 valence electrons. The van der Waals surface area contributed by atoms with Crippen LogP contribution in [0.4, 0.5) is 10.5 Å². The summed E-state index contributed by atoms with van der Waals surface area (Å²) in [5, 5.41) is 16.1. The average molecular weight is 1000 g/mol. The summed E-state index contributed by atoms with van der Waals surface area (Å²) in [7, 11) is 7.01. The molecule has 3 amide bonds. The van der Waals surface area contributed by atoms with Crippen molar-refractivity contribution in [3.05, 3.63) is 119 Å². The molecule has 16 nitrogen and oxygen atoms in total. The Morgan fingerprint density at radius 1 is 0.722 bits per heavy atom. The zero-order chi connectivity index (χ0) is 50.7. The van der Waals surface area contributed by atoms with Gasteiger partial charge in [0, 0.05) is 116 Å². The van der Waals surface area contributed by atoms with Crippen molar-refractivity contribution in [2.24, 2.45) is 7.05 Å². The van der Waals surface area contributed by atoms with Crippen LogP contribution in [-0.2, 0) is 50.0 Å². The lowest BCUT2D eigenvalue weighted by Gasteiger charge is -2.56. The standard InChI is InChI=1S/C55H64ClN7O9/c1-53(2,3)72-52(67)57-36-12-8-34(9-13-36)24-61-28-54(30-62(31-54)46(65)22-56)48-40-18-16-38(69-6)20-42(40)58-50(48)45(61)26-71-27-47(66)63-32-55(33-63)29-60(23-35-10-14-37(68-5)15-11-35)44(25-64)51-49(55)41-19-17-39(70-7)21-43(41)59(51)4/h8-21,44-45,58,64H,22-33H2,1-7H3,(H,57,67). The number of anilines is 1. The summed E-state index contributed by atoms with van der Waals surface area (Å²) in [4.78, 5) is 52.1. The molecule has 2 fully saturated rings. The summed E-state index contributed by atoms with van der Waals surface area (Å²) in [6.07, 6.45) is -0.530. The molecule has 0 radical (unpaired) electrons. The number of rotatable bonds is 14. The molecule has 4 aromatic carbocycles. The van der Waals surface area contributed by atoms with Crippen molar-refractivity contribution in [1.82, 2.24) is 29.2 Å². The maximum atomic E-state index is 14.4. The Morgan fingerprint density at radius 3 is 1.88 bits per heavy atom. The van der Waals surface area contributed by atoms with Crippen LogP contribution in [0.25, 0.3) is 21.8 Å². The number of carbonyl (C=O) groups excluding carboxylic acids is 3. The fourth-order valence-electron chi connectivity index (χ4n) is 11.9. The molecule has 4 aliphatic rings. The number of benzene rings is 4. The van der Waals surface area contributed by atoms with Gasteiger partial charge in [0.05, 0.1) is 52.1 Å². The number of aliphatic hydroxyl groups is 1. The number of ether oxygens (including phenoxy) is 5. The number of carbonyl (C=O) groups is 3. The average Bonchev–Trinajstić information content (AvgIpc) is 3.87. The van der Waals surface area contributed by atoms with Crippen LogP contribution in [0.5, 0.6) is 17.2 Å². The molecule has 17 heteroatoms. The van der Waals surface area contributed by atoms with E-state index in [1.54, 1.807) is 21.3 Å². The number of halogens is 1. The fraction of sp³-hybridized carbons (Fsp3) is 0.436. The first-order chi connectivity index (χ1) is 34.6. The van der Waals surface area contributed by atoms with Gasteiger partial charge >= 0.3 is 6.09 Å². The van der Waals surface area contributed by atoms with Crippen molar-refractivity contribution < 1.29 is 43.2 Å².